The minimum Gasteiger partial charge on any atom is -0.381 e. The lowest BCUT2D eigenvalue weighted by atomic mass is 10.0. The van der Waals surface area contributed by atoms with E-state index < -0.39 is 0 Å². The third-order valence-electron chi connectivity index (χ3n) is 4.01. The van der Waals surface area contributed by atoms with Gasteiger partial charge in [0.1, 0.15) is 0 Å². The van der Waals surface area contributed by atoms with Crippen LogP contribution in [-0.2, 0) is 15.9 Å². The molecule has 1 unspecified atom stereocenters. The molecule has 0 aromatic carbocycles. The number of rotatable bonds is 6. The van der Waals surface area contributed by atoms with Crippen molar-refractivity contribution in [2.24, 2.45) is 5.92 Å². The zero-order chi connectivity index (χ0) is 13.6. The predicted octanol–water partition coefficient (Wildman–Crippen LogP) is 1.48. The average Bonchev–Trinajstić information content (AvgIpc) is 3.15. The van der Waals surface area contributed by atoms with Crippen LogP contribution in [-0.4, -0.2) is 43.1 Å². The van der Waals surface area contributed by atoms with E-state index in [0.29, 0.717) is 12.5 Å². The van der Waals surface area contributed by atoms with Gasteiger partial charge in [-0.2, -0.15) is 4.98 Å². The van der Waals surface area contributed by atoms with Crippen LogP contribution in [0.25, 0.3) is 0 Å². The van der Waals surface area contributed by atoms with E-state index in [2.05, 4.69) is 15.5 Å². The molecular weight excluding hydrogens is 258 g/mol. The summed E-state index contributed by atoms with van der Waals surface area (Å²) in [5, 5.41) is 7.38. The van der Waals surface area contributed by atoms with Gasteiger partial charge in [0, 0.05) is 26.2 Å². The Morgan fingerprint density at radius 1 is 1.25 bits per heavy atom. The Hall–Kier alpha value is -0.980. The van der Waals surface area contributed by atoms with Crippen LogP contribution < -0.4 is 5.32 Å². The fourth-order valence-electron chi connectivity index (χ4n) is 2.73. The summed E-state index contributed by atoms with van der Waals surface area (Å²) >= 11 is 0. The molecule has 0 amide bonds. The minimum atomic E-state index is 0.249. The number of nitrogens with one attached hydrogen (secondary N) is 1. The lowest BCUT2D eigenvalue weighted by Gasteiger charge is -2.21. The molecule has 112 valence electrons. The largest absolute Gasteiger partial charge is 0.381 e. The lowest BCUT2D eigenvalue weighted by Crippen LogP contribution is -2.20. The Balaban J connectivity index is 1.35. The molecule has 2 aliphatic heterocycles. The Morgan fingerprint density at radius 3 is 2.95 bits per heavy atom. The molecule has 6 nitrogen and oxygen atoms in total. The Kier molecular flexibility index (Phi) is 5.00. The summed E-state index contributed by atoms with van der Waals surface area (Å²) in [6.07, 6.45) is 5.21. The van der Waals surface area contributed by atoms with Crippen LogP contribution in [0.2, 0.25) is 0 Å². The normalized spacial score (nSPS) is 24.3. The van der Waals surface area contributed by atoms with E-state index in [1.165, 1.54) is 6.42 Å². The van der Waals surface area contributed by atoms with Crippen molar-refractivity contribution in [3.8, 4) is 0 Å². The van der Waals surface area contributed by atoms with Crippen molar-refractivity contribution in [1.82, 2.24) is 15.5 Å². The van der Waals surface area contributed by atoms with E-state index in [1.807, 2.05) is 0 Å². The van der Waals surface area contributed by atoms with Gasteiger partial charge in [0.05, 0.1) is 12.6 Å². The SMILES string of the molecule is C1CNC(c2nc(CCOCC3CCOCC3)no2)C1. The zero-order valence-electron chi connectivity index (χ0n) is 11.8. The highest BCUT2D eigenvalue weighted by atomic mass is 16.5. The highest BCUT2D eigenvalue weighted by molar-refractivity contribution is 4.95. The van der Waals surface area contributed by atoms with Gasteiger partial charge in [0.2, 0.25) is 5.89 Å². The van der Waals surface area contributed by atoms with E-state index in [1.54, 1.807) is 0 Å². The maximum atomic E-state index is 5.72. The van der Waals surface area contributed by atoms with Crippen LogP contribution in [0.3, 0.4) is 0 Å². The first-order valence-corrected chi connectivity index (χ1v) is 7.63. The highest BCUT2D eigenvalue weighted by Gasteiger charge is 2.22. The first-order valence-electron chi connectivity index (χ1n) is 7.63. The van der Waals surface area contributed by atoms with Crippen LogP contribution in [0.5, 0.6) is 0 Å². The molecule has 2 saturated heterocycles. The maximum Gasteiger partial charge on any atom is 0.243 e. The van der Waals surface area contributed by atoms with Gasteiger partial charge >= 0.3 is 0 Å². The zero-order valence-corrected chi connectivity index (χ0v) is 11.8. The smallest absolute Gasteiger partial charge is 0.243 e. The first kappa shape index (κ1) is 14.0. The van der Waals surface area contributed by atoms with E-state index in [-0.39, 0.29) is 6.04 Å². The molecule has 1 atom stereocenters. The van der Waals surface area contributed by atoms with Crippen molar-refractivity contribution in [2.45, 2.75) is 38.1 Å². The van der Waals surface area contributed by atoms with Crippen LogP contribution in [0, 0.1) is 5.92 Å². The summed E-state index contributed by atoms with van der Waals surface area (Å²) in [5.41, 5.74) is 0. The van der Waals surface area contributed by atoms with E-state index in [0.717, 1.165) is 63.8 Å². The molecule has 0 radical (unpaired) electrons. The molecule has 2 aliphatic rings. The Labute approximate surface area is 119 Å². The van der Waals surface area contributed by atoms with Gasteiger partial charge in [-0.15, -0.1) is 0 Å². The number of ether oxygens (including phenoxy) is 2. The summed E-state index contributed by atoms with van der Waals surface area (Å²) in [7, 11) is 0. The molecule has 1 aromatic rings. The van der Waals surface area contributed by atoms with Crippen molar-refractivity contribution in [2.75, 3.05) is 33.0 Å². The van der Waals surface area contributed by atoms with Crippen molar-refractivity contribution in [3.63, 3.8) is 0 Å². The van der Waals surface area contributed by atoms with Crippen LogP contribution in [0.15, 0.2) is 4.52 Å². The second kappa shape index (κ2) is 7.15. The average molecular weight is 281 g/mol. The summed E-state index contributed by atoms with van der Waals surface area (Å²) in [4.78, 5) is 4.44. The van der Waals surface area contributed by atoms with E-state index >= 15 is 0 Å². The molecule has 3 heterocycles. The van der Waals surface area contributed by atoms with Crippen LogP contribution in [0.1, 0.15) is 43.4 Å². The summed E-state index contributed by atoms with van der Waals surface area (Å²) in [6, 6.07) is 0.249. The number of hydrogen-bond acceptors (Lipinski definition) is 6. The summed E-state index contributed by atoms with van der Waals surface area (Å²) in [5.74, 6) is 2.12. The second-order valence-corrected chi connectivity index (χ2v) is 5.58. The van der Waals surface area contributed by atoms with Crippen LogP contribution >= 0.6 is 0 Å². The molecule has 0 bridgehead atoms. The first-order chi connectivity index (χ1) is 9.92. The Bertz CT molecular complexity index is 398. The third-order valence-corrected chi connectivity index (χ3v) is 4.01. The van der Waals surface area contributed by atoms with Gasteiger partial charge in [-0.25, -0.2) is 0 Å². The molecule has 3 rings (SSSR count). The predicted molar refractivity (Wildman–Crippen MR) is 72.3 cm³/mol. The molecule has 0 saturated carbocycles. The number of aromatic nitrogens is 2. The van der Waals surface area contributed by atoms with Gasteiger partial charge in [-0.3, -0.25) is 0 Å². The quantitative estimate of drug-likeness (QED) is 0.797. The highest BCUT2D eigenvalue weighted by Crippen LogP contribution is 2.21. The second-order valence-electron chi connectivity index (χ2n) is 5.58. The van der Waals surface area contributed by atoms with Crippen molar-refractivity contribution < 1.29 is 14.0 Å². The molecule has 1 N–H and O–H groups in total. The minimum absolute atomic E-state index is 0.249. The summed E-state index contributed by atoms with van der Waals surface area (Å²) in [6.45, 7) is 4.26. The van der Waals surface area contributed by atoms with E-state index in [4.69, 9.17) is 14.0 Å². The molecule has 1 aromatic heterocycles. The monoisotopic (exact) mass is 281 g/mol. The van der Waals surface area contributed by atoms with Crippen molar-refractivity contribution in [1.29, 1.82) is 0 Å². The van der Waals surface area contributed by atoms with Crippen molar-refractivity contribution in [3.05, 3.63) is 11.7 Å². The van der Waals surface area contributed by atoms with E-state index in [9.17, 15) is 0 Å². The fraction of sp³-hybridized carbons (Fsp3) is 0.857. The molecule has 2 fully saturated rings. The fourth-order valence-corrected chi connectivity index (χ4v) is 2.73. The lowest BCUT2D eigenvalue weighted by molar-refractivity contribution is 0.0211. The molecule has 20 heavy (non-hydrogen) atoms. The Morgan fingerprint density at radius 2 is 2.15 bits per heavy atom. The molecular formula is C14H23N3O3. The molecule has 0 spiro atoms. The van der Waals surface area contributed by atoms with Gasteiger partial charge < -0.3 is 19.3 Å². The maximum absolute atomic E-state index is 5.72. The van der Waals surface area contributed by atoms with Gasteiger partial charge in [0.15, 0.2) is 5.82 Å². The number of nitrogens with zero attached hydrogens (tertiary/aromatic N) is 2. The van der Waals surface area contributed by atoms with Gasteiger partial charge in [-0.05, 0) is 38.1 Å². The molecule has 6 heteroatoms. The van der Waals surface area contributed by atoms with Crippen LogP contribution in [0.4, 0.5) is 0 Å². The van der Waals surface area contributed by atoms with Crippen molar-refractivity contribution >= 4 is 0 Å². The standard InChI is InChI=1S/C14H23N3O3/c1-2-12(15-6-1)14-16-13(17-20-14)5-9-19-10-11-3-7-18-8-4-11/h11-12,15H,1-10H2. The van der Waals surface area contributed by atoms with Gasteiger partial charge in [-0.1, -0.05) is 5.16 Å². The van der Waals surface area contributed by atoms with Gasteiger partial charge in [0.25, 0.3) is 0 Å². The number of hydrogen-bond donors (Lipinski definition) is 1. The topological polar surface area (TPSA) is 69.4 Å². The summed E-state index contributed by atoms with van der Waals surface area (Å²) < 4.78 is 16.4. The molecule has 0 aliphatic carbocycles. The third kappa shape index (κ3) is 3.77.